The summed E-state index contributed by atoms with van der Waals surface area (Å²) in [5.41, 5.74) is 2.34. The largest absolute Gasteiger partial charge is 0.383 e. The SMILES string of the molecule is CCCNC(COC)c1cc(CC)nn1C. The van der Waals surface area contributed by atoms with Crippen molar-refractivity contribution in [2.24, 2.45) is 7.05 Å². The van der Waals surface area contributed by atoms with Crippen LogP contribution in [0.3, 0.4) is 0 Å². The topological polar surface area (TPSA) is 39.1 Å². The van der Waals surface area contributed by atoms with Gasteiger partial charge in [-0.3, -0.25) is 4.68 Å². The molecule has 0 amide bonds. The fourth-order valence-electron chi connectivity index (χ4n) is 1.78. The van der Waals surface area contributed by atoms with Crippen LogP contribution < -0.4 is 5.32 Å². The van der Waals surface area contributed by atoms with Crippen LogP contribution >= 0.6 is 0 Å². The zero-order valence-electron chi connectivity index (χ0n) is 10.8. The molecule has 0 saturated heterocycles. The van der Waals surface area contributed by atoms with E-state index in [1.54, 1.807) is 7.11 Å². The van der Waals surface area contributed by atoms with Crippen LogP contribution in [0.25, 0.3) is 0 Å². The van der Waals surface area contributed by atoms with Crippen molar-refractivity contribution in [3.05, 3.63) is 17.5 Å². The molecule has 1 aromatic rings. The molecule has 0 aliphatic carbocycles. The van der Waals surface area contributed by atoms with Gasteiger partial charge in [-0.15, -0.1) is 0 Å². The van der Waals surface area contributed by atoms with Gasteiger partial charge in [0.2, 0.25) is 0 Å². The summed E-state index contributed by atoms with van der Waals surface area (Å²) in [5.74, 6) is 0. The van der Waals surface area contributed by atoms with Gasteiger partial charge in [-0.1, -0.05) is 13.8 Å². The second-order valence-electron chi connectivity index (χ2n) is 4.00. The van der Waals surface area contributed by atoms with Crippen molar-refractivity contribution in [3.8, 4) is 0 Å². The number of hydrogen-bond acceptors (Lipinski definition) is 3. The molecule has 0 spiro atoms. The van der Waals surface area contributed by atoms with E-state index in [2.05, 4.69) is 30.3 Å². The average Bonchev–Trinajstić information content (AvgIpc) is 2.66. The Morgan fingerprint density at radius 2 is 2.25 bits per heavy atom. The van der Waals surface area contributed by atoms with E-state index in [4.69, 9.17) is 4.74 Å². The molecular weight excluding hydrogens is 202 g/mol. The summed E-state index contributed by atoms with van der Waals surface area (Å²) in [7, 11) is 3.72. The number of rotatable bonds is 7. The van der Waals surface area contributed by atoms with Crippen molar-refractivity contribution < 1.29 is 4.74 Å². The Morgan fingerprint density at radius 3 is 2.75 bits per heavy atom. The molecule has 1 unspecified atom stereocenters. The molecule has 0 radical (unpaired) electrons. The highest BCUT2D eigenvalue weighted by molar-refractivity contribution is 5.14. The smallest absolute Gasteiger partial charge is 0.0729 e. The average molecular weight is 225 g/mol. The van der Waals surface area contributed by atoms with E-state index < -0.39 is 0 Å². The van der Waals surface area contributed by atoms with Gasteiger partial charge in [0.15, 0.2) is 0 Å². The van der Waals surface area contributed by atoms with E-state index in [0.717, 1.165) is 25.1 Å². The van der Waals surface area contributed by atoms with Crippen LogP contribution in [0, 0.1) is 0 Å². The van der Waals surface area contributed by atoms with Gasteiger partial charge in [0.25, 0.3) is 0 Å². The molecule has 1 N–H and O–H groups in total. The van der Waals surface area contributed by atoms with E-state index in [1.165, 1.54) is 5.69 Å². The molecule has 0 aromatic carbocycles. The van der Waals surface area contributed by atoms with E-state index >= 15 is 0 Å². The molecule has 0 saturated carbocycles. The van der Waals surface area contributed by atoms with Gasteiger partial charge < -0.3 is 10.1 Å². The first-order valence-corrected chi connectivity index (χ1v) is 5.98. The molecule has 1 atom stereocenters. The predicted octanol–water partition coefficient (Wildman–Crippen LogP) is 1.67. The lowest BCUT2D eigenvalue weighted by atomic mass is 10.2. The van der Waals surface area contributed by atoms with Crippen LogP contribution in [0.5, 0.6) is 0 Å². The fourth-order valence-corrected chi connectivity index (χ4v) is 1.78. The van der Waals surface area contributed by atoms with Gasteiger partial charge in [0, 0.05) is 14.2 Å². The van der Waals surface area contributed by atoms with E-state index in [-0.39, 0.29) is 6.04 Å². The first-order chi connectivity index (χ1) is 7.72. The molecule has 1 aromatic heterocycles. The number of hydrogen-bond donors (Lipinski definition) is 1. The zero-order chi connectivity index (χ0) is 12.0. The van der Waals surface area contributed by atoms with Gasteiger partial charge in [0.1, 0.15) is 0 Å². The maximum absolute atomic E-state index is 5.25. The third kappa shape index (κ3) is 3.32. The lowest BCUT2D eigenvalue weighted by Gasteiger charge is -2.17. The molecule has 92 valence electrons. The minimum atomic E-state index is 0.239. The van der Waals surface area contributed by atoms with Crippen LogP contribution in [0.2, 0.25) is 0 Å². The van der Waals surface area contributed by atoms with Gasteiger partial charge >= 0.3 is 0 Å². The number of nitrogens with zero attached hydrogens (tertiary/aromatic N) is 2. The van der Waals surface area contributed by atoms with Crippen LogP contribution in [-0.2, 0) is 18.2 Å². The Kier molecular flexibility index (Phi) is 5.49. The summed E-state index contributed by atoms with van der Waals surface area (Å²) in [4.78, 5) is 0. The van der Waals surface area contributed by atoms with Crippen LogP contribution in [-0.4, -0.2) is 30.0 Å². The normalized spacial score (nSPS) is 13.0. The number of ether oxygens (including phenoxy) is 1. The molecule has 1 heterocycles. The van der Waals surface area contributed by atoms with Crippen molar-refractivity contribution in [1.82, 2.24) is 15.1 Å². The second kappa shape index (κ2) is 6.66. The third-order valence-corrected chi connectivity index (χ3v) is 2.66. The van der Waals surface area contributed by atoms with Gasteiger partial charge in [-0.25, -0.2) is 0 Å². The summed E-state index contributed by atoms with van der Waals surface area (Å²) in [6.45, 7) is 5.97. The number of methoxy groups -OCH3 is 1. The molecule has 4 heteroatoms. The molecule has 0 aliphatic rings. The number of aromatic nitrogens is 2. The highest BCUT2D eigenvalue weighted by Gasteiger charge is 2.15. The highest BCUT2D eigenvalue weighted by atomic mass is 16.5. The predicted molar refractivity (Wildman–Crippen MR) is 65.5 cm³/mol. The van der Waals surface area contributed by atoms with E-state index in [0.29, 0.717) is 6.61 Å². The standard InChI is InChI=1S/C12H23N3O/c1-5-7-13-11(9-16-4)12-8-10(6-2)14-15(12)3/h8,11,13H,5-7,9H2,1-4H3. The minimum Gasteiger partial charge on any atom is -0.383 e. The molecule has 0 bridgehead atoms. The molecule has 4 nitrogen and oxygen atoms in total. The van der Waals surface area contributed by atoms with Crippen molar-refractivity contribution in [3.63, 3.8) is 0 Å². The minimum absolute atomic E-state index is 0.239. The van der Waals surface area contributed by atoms with Crippen molar-refractivity contribution in [1.29, 1.82) is 0 Å². The van der Waals surface area contributed by atoms with Crippen LogP contribution in [0.1, 0.15) is 37.7 Å². The highest BCUT2D eigenvalue weighted by Crippen LogP contribution is 2.14. The summed E-state index contributed by atoms with van der Waals surface area (Å²) in [5, 5.41) is 7.94. The Balaban J connectivity index is 2.77. The first kappa shape index (κ1) is 13.2. The number of nitrogens with one attached hydrogen (secondary N) is 1. The maximum Gasteiger partial charge on any atom is 0.0729 e. The molecule has 0 aliphatic heterocycles. The lowest BCUT2D eigenvalue weighted by Crippen LogP contribution is -2.27. The molecule has 1 rings (SSSR count). The quantitative estimate of drug-likeness (QED) is 0.767. The summed E-state index contributed by atoms with van der Waals surface area (Å²) >= 11 is 0. The van der Waals surface area contributed by atoms with Crippen molar-refractivity contribution in [2.45, 2.75) is 32.7 Å². The Hall–Kier alpha value is -0.870. The Bertz CT molecular complexity index is 309. The summed E-state index contributed by atoms with van der Waals surface area (Å²) < 4.78 is 7.20. The number of aryl methyl sites for hydroxylation is 2. The fraction of sp³-hybridized carbons (Fsp3) is 0.750. The molecular formula is C12H23N3O. The third-order valence-electron chi connectivity index (χ3n) is 2.66. The maximum atomic E-state index is 5.25. The van der Waals surface area contributed by atoms with Crippen molar-refractivity contribution in [2.75, 3.05) is 20.3 Å². The zero-order valence-corrected chi connectivity index (χ0v) is 10.8. The summed E-state index contributed by atoms with van der Waals surface area (Å²) in [6, 6.07) is 2.40. The van der Waals surface area contributed by atoms with Crippen molar-refractivity contribution >= 4 is 0 Å². The van der Waals surface area contributed by atoms with E-state index in [9.17, 15) is 0 Å². The Labute approximate surface area is 98.0 Å². The molecule has 0 fully saturated rings. The lowest BCUT2D eigenvalue weighted by molar-refractivity contribution is 0.164. The van der Waals surface area contributed by atoms with Crippen LogP contribution in [0.4, 0.5) is 0 Å². The van der Waals surface area contributed by atoms with E-state index in [1.807, 2.05) is 11.7 Å². The van der Waals surface area contributed by atoms with Gasteiger partial charge in [-0.05, 0) is 25.5 Å². The first-order valence-electron chi connectivity index (χ1n) is 5.98. The van der Waals surface area contributed by atoms with Gasteiger partial charge in [0.05, 0.1) is 24.0 Å². The summed E-state index contributed by atoms with van der Waals surface area (Å²) in [6.07, 6.45) is 2.10. The second-order valence-corrected chi connectivity index (χ2v) is 4.00. The van der Waals surface area contributed by atoms with Gasteiger partial charge in [-0.2, -0.15) is 5.10 Å². The monoisotopic (exact) mass is 225 g/mol. The Morgan fingerprint density at radius 1 is 1.50 bits per heavy atom. The molecule has 16 heavy (non-hydrogen) atoms. The van der Waals surface area contributed by atoms with Crippen LogP contribution in [0.15, 0.2) is 6.07 Å².